The van der Waals surface area contributed by atoms with Crippen LogP contribution in [0.4, 0.5) is 0 Å². The van der Waals surface area contributed by atoms with Crippen molar-refractivity contribution < 1.29 is 9.84 Å². The van der Waals surface area contributed by atoms with Crippen molar-refractivity contribution in [3.63, 3.8) is 0 Å². The minimum absolute atomic E-state index is 0.340. The summed E-state index contributed by atoms with van der Waals surface area (Å²) in [6.45, 7) is 6.96. The molecular formula is C19H23NO2S. The van der Waals surface area contributed by atoms with E-state index in [0.29, 0.717) is 13.2 Å². The molecule has 1 N–H and O–H groups in total. The summed E-state index contributed by atoms with van der Waals surface area (Å²) in [4.78, 5) is 3.66. The van der Waals surface area contributed by atoms with Crippen molar-refractivity contribution in [1.29, 1.82) is 0 Å². The van der Waals surface area contributed by atoms with Crippen LogP contribution in [0.3, 0.4) is 0 Å². The van der Waals surface area contributed by atoms with Crippen LogP contribution in [0.25, 0.3) is 6.08 Å². The van der Waals surface area contributed by atoms with Crippen LogP contribution in [0.2, 0.25) is 0 Å². The van der Waals surface area contributed by atoms with Gasteiger partial charge in [0.25, 0.3) is 0 Å². The van der Waals surface area contributed by atoms with Crippen molar-refractivity contribution in [3.05, 3.63) is 57.3 Å². The Hall–Kier alpha value is -1.62. The Morgan fingerprint density at radius 2 is 2.09 bits per heavy atom. The van der Waals surface area contributed by atoms with Gasteiger partial charge in [-0.25, -0.2) is 0 Å². The number of aryl methyl sites for hydroxylation is 1. The summed E-state index contributed by atoms with van der Waals surface area (Å²) >= 11 is 1.78. The minimum atomic E-state index is -0.340. The highest BCUT2D eigenvalue weighted by atomic mass is 32.1. The summed E-state index contributed by atoms with van der Waals surface area (Å²) in [5.41, 5.74) is 3.71. The zero-order chi connectivity index (χ0) is 16.2. The summed E-state index contributed by atoms with van der Waals surface area (Å²) in [5.74, 6) is 0.951. The van der Waals surface area contributed by atoms with E-state index in [1.165, 1.54) is 16.0 Å². The lowest BCUT2D eigenvalue weighted by Crippen LogP contribution is -2.33. The summed E-state index contributed by atoms with van der Waals surface area (Å²) < 4.78 is 5.85. The molecule has 0 bridgehead atoms. The molecule has 1 aliphatic rings. The highest BCUT2D eigenvalue weighted by molar-refractivity contribution is 7.10. The number of hydrogen-bond acceptors (Lipinski definition) is 4. The third-order valence-electron chi connectivity index (χ3n) is 3.98. The van der Waals surface area contributed by atoms with Crippen molar-refractivity contribution >= 4 is 17.4 Å². The minimum Gasteiger partial charge on any atom is -0.489 e. The van der Waals surface area contributed by atoms with Gasteiger partial charge in [0.2, 0.25) is 0 Å². The normalized spacial score (nSPS) is 15.0. The summed E-state index contributed by atoms with van der Waals surface area (Å²) in [6.07, 6.45) is 1.88. The van der Waals surface area contributed by atoms with E-state index in [4.69, 9.17) is 4.74 Å². The number of hydrogen-bond donors (Lipinski definition) is 1. The Morgan fingerprint density at radius 3 is 2.83 bits per heavy atom. The average Bonchev–Trinajstić information content (AvgIpc) is 2.91. The van der Waals surface area contributed by atoms with Crippen molar-refractivity contribution in [3.8, 4) is 5.75 Å². The molecule has 0 spiro atoms. The summed E-state index contributed by atoms with van der Waals surface area (Å²) in [5, 5.41) is 11.9. The molecule has 0 radical (unpaired) electrons. The molecule has 3 nitrogen and oxygen atoms in total. The monoisotopic (exact) mass is 329 g/mol. The molecule has 23 heavy (non-hydrogen) atoms. The maximum atomic E-state index is 9.82. The fraction of sp³-hybridized carbons (Fsp3) is 0.368. The highest BCUT2D eigenvalue weighted by Crippen LogP contribution is 2.26. The summed E-state index contributed by atoms with van der Waals surface area (Å²) in [6, 6.07) is 10.3. The van der Waals surface area contributed by atoms with E-state index < -0.39 is 0 Å². The van der Waals surface area contributed by atoms with Gasteiger partial charge in [0.1, 0.15) is 12.4 Å². The van der Waals surface area contributed by atoms with Crippen molar-refractivity contribution in [2.45, 2.75) is 26.5 Å². The lowest BCUT2D eigenvalue weighted by atomic mass is 10.1. The number of ether oxygens (including phenoxy) is 1. The van der Waals surface area contributed by atoms with Crippen LogP contribution >= 0.6 is 11.3 Å². The quantitative estimate of drug-likeness (QED) is 0.877. The summed E-state index contributed by atoms with van der Waals surface area (Å²) in [7, 11) is 0. The van der Waals surface area contributed by atoms with E-state index in [1.54, 1.807) is 11.3 Å². The van der Waals surface area contributed by atoms with Crippen LogP contribution in [-0.4, -0.2) is 35.8 Å². The Balaban J connectivity index is 1.74. The van der Waals surface area contributed by atoms with Crippen LogP contribution < -0.4 is 4.74 Å². The topological polar surface area (TPSA) is 32.7 Å². The Morgan fingerprint density at radius 1 is 1.26 bits per heavy atom. The molecule has 1 aliphatic heterocycles. The lowest BCUT2D eigenvalue weighted by Gasteiger charge is -2.27. The van der Waals surface area contributed by atoms with E-state index in [-0.39, 0.29) is 6.10 Å². The third-order valence-corrected chi connectivity index (χ3v) is 4.98. The Kier molecular flexibility index (Phi) is 5.16. The van der Waals surface area contributed by atoms with Crippen molar-refractivity contribution in [1.82, 2.24) is 4.90 Å². The number of fused-ring (bicyclic) bond motifs is 1. The number of nitrogens with zero attached hydrogens (tertiary/aromatic N) is 1. The molecule has 0 saturated carbocycles. The van der Waals surface area contributed by atoms with E-state index in [1.807, 2.05) is 25.1 Å². The van der Waals surface area contributed by atoms with E-state index in [0.717, 1.165) is 24.4 Å². The Bertz CT molecular complexity index is 690. The maximum Gasteiger partial charge on any atom is 0.127 e. The second kappa shape index (κ2) is 7.30. The van der Waals surface area contributed by atoms with Crippen LogP contribution in [0.1, 0.15) is 22.9 Å². The molecule has 1 aromatic carbocycles. The molecule has 0 amide bonds. The van der Waals surface area contributed by atoms with Crippen LogP contribution in [-0.2, 0) is 6.54 Å². The van der Waals surface area contributed by atoms with Gasteiger partial charge in [0.15, 0.2) is 0 Å². The van der Waals surface area contributed by atoms with E-state index in [9.17, 15) is 5.11 Å². The number of aliphatic hydroxyl groups is 1. The number of rotatable bonds is 6. The predicted octanol–water partition coefficient (Wildman–Crippen LogP) is 3.72. The number of para-hydroxylation sites is 1. The van der Waals surface area contributed by atoms with Gasteiger partial charge in [-0.15, -0.1) is 11.3 Å². The molecule has 2 aromatic rings. The number of thiophene rings is 1. The number of aliphatic hydroxyl groups excluding tert-OH is 1. The molecular weight excluding hydrogens is 306 g/mol. The van der Waals surface area contributed by atoms with Gasteiger partial charge in [0, 0.05) is 30.1 Å². The first kappa shape index (κ1) is 16.2. The largest absolute Gasteiger partial charge is 0.489 e. The molecule has 0 saturated heterocycles. The van der Waals surface area contributed by atoms with E-state index >= 15 is 0 Å². The van der Waals surface area contributed by atoms with Gasteiger partial charge in [-0.2, -0.15) is 0 Å². The molecule has 4 heteroatoms. The van der Waals surface area contributed by atoms with Gasteiger partial charge in [-0.3, -0.25) is 4.90 Å². The SMILES string of the molecule is Cc1ccsc1CN(CC1=Cc2ccccc2OC1)C[C@H](C)O. The maximum absolute atomic E-state index is 9.82. The smallest absolute Gasteiger partial charge is 0.127 e. The molecule has 1 aromatic heterocycles. The molecule has 1 atom stereocenters. The fourth-order valence-corrected chi connectivity index (χ4v) is 3.82. The first-order valence-corrected chi connectivity index (χ1v) is 8.84. The van der Waals surface area contributed by atoms with Crippen molar-refractivity contribution in [2.24, 2.45) is 0 Å². The zero-order valence-electron chi connectivity index (χ0n) is 13.7. The molecule has 0 unspecified atom stereocenters. The van der Waals surface area contributed by atoms with E-state index in [2.05, 4.69) is 35.4 Å². The standard InChI is InChI=1S/C19H23NO2S/c1-14-7-8-23-19(14)12-20(10-15(2)21)11-16-9-17-5-3-4-6-18(17)22-13-16/h3-9,15,21H,10-13H2,1-2H3/t15-/m0/s1. The van der Waals surface area contributed by atoms with Gasteiger partial charge >= 0.3 is 0 Å². The van der Waals surface area contributed by atoms with Crippen LogP contribution in [0, 0.1) is 6.92 Å². The molecule has 3 rings (SSSR count). The fourth-order valence-electron chi connectivity index (χ4n) is 2.87. The number of benzene rings is 1. The molecule has 0 aliphatic carbocycles. The highest BCUT2D eigenvalue weighted by Gasteiger charge is 2.16. The first-order chi connectivity index (χ1) is 11.1. The van der Waals surface area contributed by atoms with Crippen LogP contribution in [0.15, 0.2) is 41.3 Å². The second-order valence-electron chi connectivity index (χ2n) is 6.17. The van der Waals surface area contributed by atoms with Crippen molar-refractivity contribution in [2.75, 3.05) is 19.7 Å². The van der Waals surface area contributed by atoms with Gasteiger partial charge < -0.3 is 9.84 Å². The van der Waals surface area contributed by atoms with Gasteiger partial charge in [0.05, 0.1) is 6.10 Å². The second-order valence-corrected chi connectivity index (χ2v) is 7.18. The Labute approximate surface area is 141 Å². The molecule has 2 heterocycles. The first-order valence-electron chi connectivity index (χ1n) is 7.96. The average molecular weight is 329 g/mol. The van der Waals surface area contributed by atoms with Gasteiger partial charge in [-0.05, 0) is 48.6 Å². The third kappa shape index (κ3) is 4.22. The lowest BCUT2D eigenvalue weighted by molar-refractivity contribution is 0.127. The zero-order valence-corrected chi connectivity index (χ0v) is 14.5. The predicted molar refractivity (Wildman–Crippen MR) is 95.9 cm³/mol. The van der Waals surface area contributed by atoms with Crippen LogP contribution in [0.5, 0.6) is 5.75 Å². The molecule has 122 valence electrons. The molecule has 0 fully saturated rings. The van der Waals surface area contributed by atoms with Gasteiger partial charge in [-0.1, -0.05) is 18.2 Å².